The van der Waals surface area contributed by atoms with Crippen LogP contribution < -0.4 is 10.6 Å². The number of anilines is 1. The molecule has 24 heavy (non-hydrogen) atoms. The van der Waals surface area contributed by atoms with Crippen molar-refractivity contribution in [2.24, 2.45) is 0 Å². The van der Waals surface area contributed by atoms with Gasteiger partial charge in [0.2, 0.25) is 5.95 Å². The lowest BCUT2D eigenvalue weighted by Crippen LogP contribution is -2.38. The molecule has 3 heterocycles. The van der Waals surface area contributed by atoms with Crippen molar-refractivity contribution >= 4 is 22.9 Å². The number of hydrogen-bond donors (Lipinski definition) is 3. The van der Waals surface area contributed by atoms with Gasteiger partial charge in [-0.05, 0) is 25.5 Å². The van der Waals surface area contributed by atoms with Crippen molar-refractivity contribution in [3.63, 3.8) is 0 Å². The number of nitrogens with zero attached hydrogens (tertiary/aromatic N) is 2. The van der Waals surface area contributed by atoms with Gasteiger partial charge in [0.1, 0.15) is 0 Å². The van der Waals surface area contributed by atoms with E-state index in [1.165, 1.54) is 6.42 Å². The van der Waals surface area contributed by atoms with Crippen LogP contribution in [0.3, 0.4) is 0 Å². The molecule has 0 saturated carbocycles. The number of rotatable bonds is 4. The molecule has 1 aliphatic rings. The number of piperidine rings is 1. The largest absolute Gasteiger partial charge is 0.360 e. The number of aromatic nitrogens is 3. The fraction of sp³-hybridized carbons (Fsp3) is 0.263. The zero-order valence-electron chi connectivity index (χ0n) is 13.5. The molecule has 1 aliphatic heterocycles. The Labute approximate surface area is 141 Å². The van der Waals surface area contributed by atoms with Crippen LogP contribution in [-0.2, 0) is 0 Å². The third kappa shape index (κ3) is 2.78. The Hall–Kier alpha value is -2.66. The number of nitrogens with one attached hydrogen (secondary N) is 3. The highest BCUT2D eigenvalue weighted by Crippen LogP contribution is 2.30. The Morgan fingerprint density at radius 1 is 1.29 bits per heavy atom. The van der Waals surface area contributed by atoms with Crippen LogP contribution in [0.15, 0.2) is 43.2 Å². The van der Waals surface area contributed by atoms with Gasteiger partial charge in [-0.15, -0.1) is 0 Å². The van der Waals surface area contributed by atoms with Crippen molar-refractivity contribution in [3.8, 4) is 11.3 Å². The third-order valence-corrected chi connectivity index (χ3v) is 4.51. The Balaban J connectivity index is 1.73. The van der Waals surface area contributed by atoms with E-state index in [1.54, 1.807) is 0 Å². The van der Waals surface area contributed by atoms with Gasteiger partial charge in [0, 0.05) is 47.0 Å². The first-order valence-corrected chi connectivity index (χ1v) is 8.38. The molecule has 5 heteroatoms. The van der Waals surface area contributed by atoms with Gasteiger partial charge in [-0.3, -0.25) is 0 Å². The number of aromatic amines is 1. The minimum atomic E-state index is 0.379. The normalized spacial score (nSPS) is 17.8. The highest BCUT2D eigenvalue weighted by atomic mass is 15.1. The molecule has 0 spiro atoms. The molecule has 3 aromatic rings. The Morgan fingerprint density at radius 3 is 3.04 bits per heavy atom. The average Bonchev–Trinajstić information content (AvgIpc) is 3.06. The Bertz CT molecular complexity index is 861. The maximum absolute atomic E-state index is 4.79. The van der Waals surface area contributed by atoms with Crippen LogP contribution in [0.25, 0.3) is 28.2 Å². The highest BCUT2D eigenvalue weighted by Gasteiger charge is 2.16. The molecular weight excluding hydrogens is 298 g/mol. The van der Waals surface area contributed by atoms with Gasteiger partial charge in [-0.25, -0.2) is 9.97 Å². The van der Waals surface area contributed by atoms with E-state index < -0.39 is 0 Å². The fourth-order valence-electron chi connectivity index (χ4n) is 3.25. The molecule has 0 aliphatic carbocycles. The Kier molecular flexibility index (Phi) is 4.01. The second kappa shape index (κ2) is 6.45. The lowest BCUT2D eigenvalue weighted by atomic mass is 10.1. The van der Waals surface area contributed by atoms with E-state index >= 15 is 0 Å². The minimum absolute atomic E-state index is 0.379. The summed E-state index contributed by atoms with van der Waals surface area (Å²) < 4.78 is 0. The molecule has 1 saturated heterocycles. The average molecular weight is 319 g/mol. The summed E-state index contributed by atoms with van der Waals surface area (Å²) in [5, 5.41) is 8.02. The Morgan fingerprint density at radius 2 is 2.21 bits per heavy atom. The molecule has 2 aromatic heterocycles. The van der Waals surface area contributed by atoms with Gasteiger partial charge in [-0.2, -0.15) is 0 Å². The van der Waals surface area contributed by atoms with E-state index in [-0.39, 0.29) is 0 Å². The van der Waals surface area contributed by atoms with E-state index in [0.29, 0.717) is 12.0 Å². The lowest BCUT2D eigenvalue weighted by molar-refractivity contribution is 0.478. The van der Waals surface area contributed by atoms with Crippen molar-refractivity contribution in [1.82, 2.24) is 20.3 Å². The molecule has 1 aromatic carbocycles. The van der Waals surface area contributed by atoms with E-state index in [9.17, 15) is 0 Å². The first kappa shape index (κ1) is 14.9. The summed E-state index contributed by atoms with van der Waals surface area (Å²) in [6.45, 7) is 5.95. The van der Waals surface area contributed by atoms with E-state index in [2.05, 4.69) is 39.3 Å². The van der Waals surface area contributed by atoms with Gasteiger partial charge >= 0.3 is 0 Å². The van der Waals surface area contributed by atoms with Crippen molar-refractivity contribution in [2.75, 3.05) is 18.4 Å². The van der Waals surface area contributed by atoms with Gasteiger partial charge < -0.3 is 15.6 Å². The molecule has 5 nitrogen and oxygen atoms in total. The van der Waals surface area contributed by atoms with Crippen LogP contribution in [0.1, 0.15) is 18.4 Å². The lowest BCUT2D eigenvalue weighted by Gasteiger charge is -2.24. The molecule has 1 atom stereocenters. The second-order valence-corrected chi connectivity index (χ2v) is 6.14. The summed E-state index contributed by atoms with van der Waals surface area (Å²) in [6, 6.07) is 8.63. The fourth-order valence-corrected chi connectivity index (χ4v) is 3.25. The van der Waals surface area contributed by atoms with Crippen LogP contribution in [0, 0.1) is 0 Å². The monoisotopic (exact) mass is 319 g/mol. The molecule has 122 valence electrons. The van der Waals surface area contributed by atoms with E-state index in [4.69, 9.17) is 4.98 Å². The zero-order chi connectivity index (χ0) is 16.4. The van der Waals surface area contributed by atoms with Gasteiger partial charge in [0.25, 0.3) is 0 Å². The molecule has 4 rings (SSSR count). The van der Waals surface area contributed by atoms with Gasteiger partial charge in [-0.1, -0.05) is 30.9 Å². The van der Waals surface area contributed by atoms with Crippen LogP contribution in [0.4, 0.5) is 5.95 Å². The SMILES string of the molecule is C=Cc1cnc(N[C@H]2CCCNC2)nc1-c1c[nH]c2ccccc12. The predicted octanol–water partition coefficient (Wildman–Crippen LogP) is 3.43. The minimum Gasteiger partial charge on any atom is -0.360 e. The van der Waals surface area contributed by atoms with Crippen molar-refractivity contribution in [3.05, 3.63) is 48.8 Å². The molecule has 0 unspecified atom stereocenters. The quantitative estimate of drug-likeness (QED) is 0.689. The first-order valence-electron chi connectivity index (χ1n) is 8.38. The molecule has 0 bridgehead atoms. The molecular formula is C19H21N5. The number of H-pyrrole nitrogens is 1. The van der Waals surface area contributed by atoms with Crippen LogP contribution >= 0.6 is 0 Å². The van der Waals surface area contributed by atoms with E-state index in [0.717, 1.165) is 47.2 Å². The van der Waals surface area contributed by atoms with Gasteiger partial charge in [0.15, 0.2) is 0 Å². The number of hydrogen-bond acceptors (Lipinski definition) is 4. The summed E-state index contributed by atoms with van der Waals surface area (Å²) >= 11 is 0. The van der Waals surface area contributed by atoms with Crippen LogP contribution in [-0.4, -0.2) is 34.1 Å². The standard InChI is InChI=1S/C19H21N5/c1-2-13-10-22-19(23-14-6-5-9-20-11-14)24-18(13)16-12-21-17-8-4-3-7-15(16)17/h2-4,7-8,10,12,14,20-21H,1,5-6,9,11H2,(H,22,23,24)/t14-/m0/s1. The van der Waals surface area contributed by atoms with Crippen LogP contribution in [0.2, 0.25) is 0 Å². The first-order chi connectivity index (χ1) is 11.8. The topological polar surface area (TPSA) is 65.6 Å². The summed E-state index contributed by atoms with van der Waals surface area (Å²) in [6.07, 6.45) is 7.98. The number of fused-ring (bicyclic) bond motifs is 1. The van der Waals surface area contributed by atoms with Crippen molar-refractivity contribution in [1.29, 1.82) is 0 Å². The molecule has 1 fully saturated rings. The van der Waals surface area contributed by atoms with Crippen LogP contribution in [0.5, 0.6) is 0 Å². The molecule has 3 N–H and O–H groups in total. The van der Waals surface area contributed by atoms with Crippen molar-refractivity contribution < 1.29 is 0 Å². The smallest absolute Gasteiger partial charge is 0.223 e. The summed E-state index contributed by atoms with van der Waals surface area (Å²) in [5.41, 5.74) is 4.02. The maximum atomic E-state index is 4.79. The predicted molar refractivity (Wildman–Crippen MR) is 98.9 cm³/mol. The summed E-state index contributed by atoms with van der Waals surface area (Å²) in [7, 11) is 0. The zero-order valence-corrected chi connectivity index (χ0v) is 13.5. The summed E-state index contributed by atoms with van der Waals surface area (Å²) in [4.78, 5) is 12.6. The van der Waals surface area contributed by atoms with Crippen molar-refractivity contribution in [2.45, 2.75) is 18.9 Å². The molecule has 0 radical (unpaired) electrons. The maximum Gasteiger partial charge on any atom is 0.223 e. The summed E-state index contributed by atoms with van der Waals surface area (Å²) in [5.74, 6) is 0.676. The number of benzene rings is 1. The van der Waals surface area contributed by atoms with Gasteiger partial charge in [0.05, 0.1) is 5.69 Å². The second-order valence-electron chi connectivity index (χ2n) is 6.14. The third-order valence-electron chi connectivity index (χ3n) is 4.51. The highest BCUT2D eigenvalue weighted by molar-refractivity contribution is 5.96. The number of para-hydroxylation sites is 1. The van der Waals surface area contributed by atoms with E-state index in [1.807, 2.05) is 30.6 Å². The molecule has 0 amide bonds.